The number of aliphatic hydroxyl groups excluding tert-OH is 1. The normalized spacial score (nSPS) is 80.9. The first-order valence-electron chi connectivity index (χ1n) is 10.2. The molecule has 24 heavy (non-hydrogen) atoms. The van der Waals surface area contributed by atoms with Gasteiger partial charge in [-0.05, 0) is 49.4 Å². The maximum absolute atomic E-state index is 10.9. The lowest BCUT2D eigenvalue weighted by molar-refractivity contribution is -0.407. The standard InChI is InChI=1S/C20H27NO3/c1-17-3-9(22)4-20-13(17)10-5-19-7-18(2)6-11(23-16(24-18)14(19)20)12(19)15(20)21(10)8-17/h9-16,22H,3-8H2,1-2H3/t9?,10?,11?,12?,13?,14?,15?,16?,17-,18?,19?,20?/m0/s1. The van der Waals surface area contributed by atoms with Crippen molar-refractivity contribution in [2.45, 2.75) is 82.1 Å². The van der Waals surface area contributed by atoms with Crippen molar-refractivity contribution >= 4 is 0 Å². The second-order valence-corrected chi connectivity index (χ2v) is 11.4. The van der Waals surface area contributed by atoms with Crippen molar-refractivity contribution in [3.63, 3.8) is 0 Å². The summed E-state index contributed by atoms with van der Waals surface area (Å²) in [5.74, 6) is 2.04. The molecule has 10 rings (SSSR count). The Morgan fingerprint density at radius 3 is 2.83 bits per heavy atom. The molecule has 6 heterocycles. The van der Waals surface area contributed by atoms with Gasteiger partial charge in [-0.25, -0.2) is 0 Å². The molecule has 4 heteroatoms. The SMILES string of the molecule is CC12CC3OC(O1)C1C4(CC5C6C17CC(O)C[C@@]6(C)CN5C7C34)C2. The van der Waals surface area contributed by atoms with E-state index in [0.717, 1.165) is 31.2 Å². The molecule has 4 aliphatic carbocycles. The van der Waals surface area contributed by atoms with Gasteiger partial charge in [-0.15, -0.1) is 0 Å². The average Bonchev–Trinajstić information content (AvgIpc) is 2.86. The van der Waals surface area contributed by atoms with Gasteiger partial charge >= 0.3 is 0 Å². The molecule has 11 bridgehead atoms. The van der Waals surface area contributed by atoms with Crippen LogP contribution in [-0.2, 0) is 9.47 Å². The van der Waals surface area contributed by atoms with Crippen molar-refractivity contribution in [1.29, 1.82) is 0 Å². The van der Waals surface area contributed by atoms with Gasteiger partial charge in [0, 0.05) is 42.3 Å². The van der Waals surface area contributed by atoms with Gasteiger partial charge in [0.05, 0.1) is 17.8 Å². The van der Waals surface area contributed by atoms with E-state index < -0.39 is 0 Å². The molecule has 13 atom stereocenters. The Bertz CT molecular complexity index is 713. The lowest BCUT2D eigenvalue weighted by atomic mass is 9.42. The zero-order chi connectivity index (χ0) is 15.9. The first kappa shape index (κ1) is 13.1. The Balaban J connectivity index is 1.44. The van der Waals surface area contributed by atoms with Gasteiger partial charge in [0.1, 0.15) is 0 Å². The van der Waals surface area contributed by atoms with Crippen LogP contribution in [0, 0.1) is 34.0 Å². The highest BCUT2D eigenvalue weighted by Crippen LogP contribution is 2.87. The molecule has 130 valence electrons. The van der Waals surface area contributed by atoms with E-state index in [2.05, 4.69) is 18.7 Å². The van der Waals surface area contributed by atoms with Crippen LogP contribution in [0.25, 0.3) is 0 Å². The maximum atomic E-state index is 10.9. The second kappa shape index (κ2) is 3.15. The highest BCUT2D eigenvalue weighted by atomic mass is 16.7. The lowest BCUT2D eigenvalue weighted by Gasteiger charge is -2.69. The largest absolute Gasteiger partial charge is 0.393 e. The van der Waals surface area contributed by atoms with Gasteiger partial charge in [0.25, 0.3) is 0 Å². The first-order valence-corrected chi connectivity index (χ1v) is 10.2. The summed E-state index contributed by atoms with van der Waals surface area (Å²) in [6, 6.07) is 1.47. The fourth-order valence-electron chi connectivity index (χ4n) is 11.1. The molecule has 6 saturated heterocycles. The van der Waals surface area contributed by atoms with E-state index in [-0.39, 0.29) is 23.4 Å². The second-order valence-electron chi connectivity index (χ2n) is 11.4. The van der Waals surface area contributed by atoms with E-state index in [1.807, 2.05) is 0 Å². The monoisotopic (exact) mass is 329 g/mol. The highest BCUT2D eigenvalue weighted by molar-refractivity contribution is 5.39. The molecule has 10 aliphatic rings. The summed E-state index contributed by atoms with van der Waals surface area (Å²) in [5, 5.41) is 10.9. The van der Waals surface area contributed by atoms with E-state index in [9.17, 15) is 5.11 Å². The molecule has 0 aromatic carbocycles. The third kappa shape index (κ3) is 0.952. The molecule has 4 saturated carbocycles. The average molecular weight is 329 g/mol. The molecule has 6 aliphatic heterocycles. The lowest BCUT2D eigenvalue weighted by Crippen LogP contribution is -2.72. The van der Waals surface area contributed by atoms with Crippen molar-refractivity contribution in [2.75, 3.05) is 6.54 Å². The Hall–Kier alpha value is -0.160. The Labute approximate surface area is 142 Å². The summed E-state index contributed by atoms with van der Waals surface area (Å²) < 4.78 is 13.1. The molecule has 4 nitrogen and oxygen atoms in total. The Morgan fingerprint density at radius 2 is 1.96 bits per heavy atom. The van der Waals surface area contributed by atoms with E-state index in [4.69, 9.17) is 9.47 Å². The molecule has 0 amide bonds. The maximum Gasteiger partial charge on any atom is 0.162 e. The van der Waals surface area contributed by atoms with Crippen LogP contribution in [0.2, 0.25) is 0 Å². The number of piperidine rings is 2. The molecule has 0 radical (unpaired) electrons. The number of hydrogen-bond acceptors (Lipinski definition) is 4. The van der Waals surface area contributed by atoms with Gasteiger partial charge < -0.3 is 14.6 Å². The fourth-order valence-corrected chi connectivity index (χ4v) is 11.1. The van der Waals surface area contributed by atoms with Crippen LogP contribution in [0.1, 0.15) is 46.0 Å². The van der Waals surface area contributed by atoms with Gasteiger partial charge in [-0.1, -0.05) is 6.92 Å². The minimum atomic E-state index is -0.115. The highest BCUT2D eigenvalue weighted by Gasteiger charge is 2.91. The quantitative estimate of drug-likeness (QED) is 0.735. The number of rotatable bonds is 0. The van der Waals surface area contributed by atoms with Crippen LogP contribution in [-0.4, -0.2) is 52.7 Å². The molecular formula is C20H27NO3. The van der Waals surface area contributed by atoms with Crippen molar-refractivity contribution in [3.8, 4) is 0 Å². The third-order valence-corrected chi connectivity index (χ3v) is 10.4. The van der Waals surface area contributed by atoms with E-state index in [1.165, 1.54) is 19.4 Å². The number of ether oxygens (including phenoxy) is 2. The minimum Gasteiger partial charge on any atom is -0.393 e. The molecule has 2 spiro atoms. The van der Waals surface area contributed by atoms with Crippen LogP contribution < -0.4 is 0 Å². The summed E-state index contributed by atoms with van der Waals surface area (Å²) in [5.41, 5.74) is 1.12. The summed E-state index contributed by atoms with van der Waals surface area (Å²) in [4.78, 5) is 2.92. The smallest absolute Gasteiger partial charge is 0.162 e. The van der Waals surface area contributed by atoms with Crippen LogP contribution in [0.5, 0.6) is 0 Å². The summed E-state index contributed by atoms with van der Waals surface area (Å²) in [7, 11) is 0. The van der Waals surface area contributed by atoms with Crippen LogP contribution in [0.3, 0.4) is 0 Å². The summed E-state index contributed by atoms with van der Waals surface area (Å²) >= 11 is 0. The predicted molar refractivity (Wildman–Crippen MR) is 85.0 cm³/mol. The van der Waals surface area contributed by atoms with E-state index in [0.29, 0.717) is 34.8 Å². The van der Waals surface area contributed by atoms with Crippen molar-refractivity contribution in [1.82, 2.24) is 4.90 Å². The van der Waals surface area contributed by atoms with E-state index >= 15 is 0 Å². The first-order chi connectivity index (χ1) is 11.4. The zero-order valence-corrected chi connectivity index (χ0v) is 14.6. The molecule has 0 aromatic rings. The number of nitrogens with zero attached hydrogens (tertiary/aromatic N) is 1. The Kier molecular flexibility index (Phi) is 1.71. The molecule has 0 aromatic heterocycles. The van der Waals surface area contributed by atoms with Crippen LogP contribution in [0.4, 0.5) is 0 Å². The van der Waals surface area contributed by atoms with Gasteiger partial charge in [-0.2, -0.15) is 0 Å². The van der Waals surface area contributed by atoms with Crippen LogP contribution in [0.15, 0.2) is 0 Å². The molecular weight excluding hydrogens is 302 g/mol. The van der Waals surface area contributed by atoms with Gasteiger partial charge in [0.15, 0.2) is 6.29 Å². The topological polar surface area (TPSA) is 41.9 Å². The van der Waals surface area contributed by atoms with Crippen molar-refractivity contribution in [2.24, 2.45) is 34.0 Å². The van der Waals surface area contributed by atoms with Crippen LogP contribution >= 0.6 is 0 Å². The third-order valence-electron chi connectivity index (χ3n) is 10.4. The number of hydrogen-bond donors (Lipinski definition) is 1. The summed E-state index contributed by atoms with van der Waals surface area (Å²) in [6.45, 7) is 6.04. The van der Waals surface area contributed by atoms with Crippen molar-refractivity contribution in [3.05, 3.63) is 0 Å². The van der Waals surface area contributed by atoms with E-state index in [1.54, 1.807) is 0 Å². The molecule has 10 fully saturated rings. The predicted octanol–water partition coefficient (Wildman–Crippen LogP) is 1.76. The molecule has 12 unspecified atom stereocenters. The number of aliphatic hydroxyl groups is 1. The summed E-state index contributed by atoms with van der Waals surface area (Å²) in [6.07, 6.45) is 6.08. The zero-order valence-electron chi connectivity index (χ0n) is 14.6. The fraction of sp³-hybridized carbons (Fsp3) is 1.00. The Morgan fingerprint density at radius 1 is 1.08 bits per heavy atom. The van der Waals surface area contributed by atoms with Gasteiger partial charge in [0.2, 0.25) is 0 Å². The van der Waals surface area contributed by atoms with Crippen molar-refractivity contribution < 1.29 is 14.6 Å². The minimum absolute atomic E-state index is 0.0137. The molecule has 1 N–H and O–H groups in total. The van der Waals surface area contributed by atoms with Gasteiger partial charge in [-0.3, -0.25) is 4.90 Å².